The second-order valence-electron chi connectivity index (χ2n) is 4.68. The molecule has 1 N–H and O–H groups in total. The molecule has 110 valence electrons. The van der Waals surface area contributed by atoms with Gasteiger partial charge in [0.05, 0.1) is 17.9 Å². The predicted octanol–water partition coefficient (Wildman–Crippen LogP) is 2.84. The Labute approximate surface area is 123 Å². The Hall–Kier alpha value is -2.27. The lowest BCUT2D eigenvalue weighted by Crippen LogP contribution is -2.10. The van der Waals surface area contributed by atoms with E-state index in [0.717, 1.165) is 12.0 Å². The number of carboxylic acids is 1. The average Bonchev–Trinajstić information content (AvgIpc) is 2.49. The Bertz CT molecular complexity index is 600. The van der Waals surface area contributed by atoms with Gasteiger partial charge in [-0.05, 0) is 12.0 Å². The Kier molecular flexibility index (Phi) is 5.40. The summed E-state index contributed by atoms with van der Waals surface area (Å²) in [6, 6.07) is 9.83. The Morgan fingerprint density at radius 2 is 2.00 bits per heavy atom. The number of carbonyl (C=O) groups is 1. The van der Waals surface area contributed by atoms with Gasteiger partial charge in [-0.15, -0.1) is 0 Å². The maximum Gasteiger partial charge on any atom is 0.339 e. The second-order valence-corrected chi connectivity index (χ2v) is 4.68. The van der Waals surface area contributed by atoms with Gasteiger partial charge in [0, 0.05) is 6.20 Å². The van der Waals surface area contributed by atoms with Crippen molar-refractivity contribution in [3.63, 3.8) is 0 Å². The maximum atomic E-state index is 11.1. The minimum Gasteiger partial charge on any atom is -0.478 e. The first kappa shape index (κ1) is 15.1. The fraction of sp³-hybridized carbons (Fsp3) is 0.312. The van der Waals surface area contributed by atoms with Gasteiger partial charge in [-0.25, -0.2) is 14.8 Å². The molecule has 0 fully saturated rings. The van der Waals surface area contributed by atoms with Gasteiger partial charge >= 0.3 is 5.97 Å². The lowest BCUT2D eigenvalue weighted by Gasteiger charge is -2.07. The van der Waals surface area contributed by atoms with Crippen LogP contribution in [0.15, 0.2) is 36.5 Å². The van der Waals surface area contributed by atoms with Crippen LogP contribution < -0.4 is 0 Å². The lowest BCUT2D eigenvalue weighted by atomic mass is 10.1. The first-order valence-corrected chi connectivity index (χ1v) is 6.90. The van der Waals surface area contributed by atoms with Crippen molar-refractivity contribution in [1.29, 1.82) is 0 Å². The molecule has 0 amide bonds. The molecule has 0 spiro atoms. The van der Waals surface area contributed by atoms with Gasteiger partial charge in [-0.2, -0.15) is 0 Å². The number of rotatable bonds is 7. The second kappa shape index (κ2) is 7.50. The molecule has 0 saturated carbocycles. The largest absolute Gasteiger partial charge is 0.478 e. The van der Waals surface area contributed by atoms with Crippen molar-refractivity contribution in [3.8, 4) is 0 Å². The minimum absolute atomic E-state index is 0.170. The monoisotopic (exact) mass is 286 g/mol. The molecule has 0 saturated heterocycles. The Balaban J connectivity index is 2.00. The molecule has 0 radical (unpaired) electrons. The third kappa shape index (κ3) is 4.36. The molecule has 0 atom stereocenters. The van der Waals surface area contributed by atoms with Gasteiger partial charge in [0.15, 0.2) is 5.82 Å². The van der Waals surface area contributed by atoms with Crippen LogP contribution in [0.4, 0.5) is 0 Å². The van der Waals surface area contributed by atoms with Crippen molar-refractivity contribution >= 4 is 5.97 Å². The van der Waals surface area contributed by atoms with E-state index in [0.29, 0.717) is 24.5 Å². The molecule has 5 heteroatoms. The van der Waals surface area contributed by atoms with E-state index < -0.39 is 5.97 Å². The molecule has 2 rings (SSSR count). The summed E-state index contributed by atoms with van der Waals surface area (Å²) < 4.78 is 5.57. The SMILES string of the molecule is CCCc1nc(COCc2ccccc2)ncc1C(=O)O. The van der Waals surface area contributed by atoms with Gasteiger partial charge in [-0.1, -0.05) is 43.7 Å². The number of aryl methyl sites for hydroxylation is 1. The van der Waals surface area contributed by atoms with Crippen LogP contribution >= 0.6 is 0 Å². The van der Waals surface area contributed by atoms with E-state index >= 15 is 0 Å². The van der Waals surface area contributed by atoms with E-state index in [9.17, 15) is 4.79 Å². The van der Waals surface area contributed by atoms with E-state index in [1.165, 1.54) is 6.20 Å². The molecular formula is C16H18N2O3. The molecule has 0 bridgehead atoms. The van der Waals surface area contributed by atoms with E-state index in [1.807, 2.05) is 37.3 Å². The van der Waals surface area contributed by atoms with Crippen molar-refractivity contribution in [1.82, 2.24) is 9.97 Å². The van der Waals surface area contributed by atoms with Crippen molar-refractivity contribution in [2.75, 3.05) is 0 Å². The minimum atomic E-state index is -0.991. The molecule has 1 aromatic carbocycles. The molecule has 0 aliphatic carbocycles. The number of aromatic nitrogens is 2. The fourth-order valence-electron chi connectivity index (χ4n) is 1.97. The van der Waals surface area contributed by atoms with Gasteiger partial charge in [0.1, 0.15) is 6.61 Å². The summed E-state index contributed by atoms with van der Waals surface area (Å²) in [5.74, 6) is -0.477. The van der Waals surface area contributed by atoms with E-state index in [2.05, 4.69) is 9.97 Å². The number of ether oxygens (including phenoxy) is 1. The molecular weight excluding hydrogens is 268 g/mol. The smallest absolute Gasteiger partial charge is 0.339 e. The van der Waals surface area contributed by atoms with Gasteiger partial charge in [0.2, 0.25) is 0 Å². The molecule has 1 aromatic heterocycles. The zero-order chi connectivity index (χ0) is 15.1. The predicted molar refractivity (Wildman–Crippen MR) is 77.9 cm³/mol. The highest BCUT2D eigenvalue weighted by atomic mass is 16.5. The molecule has 0 aliphatic rings. The Morgan fingerprint density at radius 1 is 1.24 bits per heavy atom. The highest BCUT2D eigenvalue weighted by Gasteiger charge is 2.12. The summed E-state index contributed by atoms with van der Waals surface area (Å²) in [6.07, 6.45) is 2.82. The van der Waals surface area contributed by atoms with E-state index in [4.69, 9.17) is 9.84 Å². The fourth-order valence-corrected chi connectivity index (χ4v) is 1.97. The van der Waals surface area contributed by atoms with Crippen molar-refractivity contribution in [2.45, 2.75) is 33.0 Å². The highest BCUT2D eigenvalue weighted by Crippen LogP contribution is 2.10. The summed E-state index contributed by atoms with van der Waals surface area (Å²) in [7, 11) is 0. The molecule has 2 aromatic rings. The Morgan fingerprint density at radius 3 is 2.67 bits per heavy atom. The van der Waals surface area contributed by atoms with Crippen molar-refractivity contribution < 1.29 is 14.6 Å². The third-order valence-corrected chi connectivity index (χ3v) is 2.98. The standard InChI is InChI=1S/C16H18N2O3/c1-2-6-14-13(16(19)20)9-17-15(18-14)11-21-10-12-7-4-3-5-8-12/h3-5,7-9H,2,6,10-11H2,1H3,(H,19,20). The third-order valence-electron chi connectivity index (χ3n) is 2.98. The zero-order valence-corrected chi connectivity index (χ0v) is 12.0. The number of hydrogen-bond acceptors (Lipinski definition) is 4. The van der Waals surface area contributed by atoms with Crippen LogP contribution in [0.2, 0.25) is 0 Å². The summed E-state index contributed by atoms with van der Waals surface area (Å²) in [6.45, 7) is 2.73. The van der Waals surface area contributed by atoms with Gasteiger partial charge < -0.3 is 9.84 Å². The topological polar surface area (TPSA) is 72.3 Å². The number of nitrogens with zero attached hydrogens (tertiary/aromatic N) is 2. The van der Waals surface area contributed by atoms with E-state index in [-0.39, 0.29) is 12.2 Å². The van der Waals surface area contributed by atoms with Crippen molar-refractivity contribution in [2.24, 2.45) is 0 Å². The van der Waals surface area contributed by atoms with Gasteiger partial charge in [-0.3, -0.25) is 0 Å². The van der Waals surface area contributed by atoms with Crippen LogP contribution in [-0.2, 0) is 24.4 Å². The van der Waals surface area contributed by atoms with Crippen LogP contribution in [0, 0.1) is 0 Å². The lowest BCUT2D eigenvalue weighted by molar-refractivity contribution is 0.0693. The normalized spacial score (nSPS) is 10.5. The van der Waals surface area contributed by atoms with E-state index in [1.54, 1.807) is 0 Å². The first-order chi connectivity index (χ1) is 10.2. The summed E-state index contributed by atoms with van der Waals surface area (Å²) in [5.41, 5.74) is 1.82. The molecule has 1 heterocycles. The van der Waals surface area contributed by atoms with Crippen molar-refractivity contribution in [3.05, 3.63) is 59.2 Å². The highest BCUT2D eigenvalue weighted by molar-refractivity contribution is 5.88. The first-order valence-electron chi connectivity index (χ1n) is 6.90. The van der Waals surface area contributed by atoms with Crippen LogP contribution in [0.3, 0.4) is 0 Å². The number of carboxylic acid groups (broad SMARTS) is 1. The van der Waals surface area contributed by atoms with Crippen LogP contribution in [0.5, 0.6) is 0 Å². The number of hydrogen-bond donors (Lipinski definition) is 1. The summed E-state index contributed by atoms with van der Waals surface area (Å²) in [4.78, 5) is 19.5. The van der Waals surface area contributed by atoms with Crippen LogP contribution in [-0.4, -0.2) is 21.0 Å². The quantitative estimate of drug-likeness (QED) is 0.847. The van der Waals surface area contributed by atoms with Crippen LogP contribution in [0.25, 0.3) is 0 Å². The zero-order valence-electron chi connectivity index (χ0n) is 12.0. The maximum absolute atomic E-state index is 11.1. The molecule has 0 unspecified atom stereocenters. The summed E-state index contributed by atoms with van der Waals surface area (Å²) >= 11 is 0. The molecule has 5 nitrogen and oxygen atoms in total. The van der Waals surface area contributed by atoms with Gasteiger partial charge in [0.25, 0.3) is 0 Å². The molecule has 0 aliphatic heterocycles. The van der Waals surface area contributed by atoms with Crippen LogP contribution in [0.1, 0.15) is 40.8 Å². The molecule has 21 heavy (non-hydrogen) atoms. The summed E-state index contributed by atoms with van der Waals surface area (Å²) in [5, 5.41) is 9.10. The number of benzene rings is 1. The number of aromatic carboxylic acids is 1. The average molecular weight is 286 g/mol.